The Balaban J connectivity index is 2.10. The highest BCUT2D eigenvalue weighted by molar-refractivity contribution is 5.99. The summed E-state index contributed by atoms with van der Waals surface area (Å²) >= 11 is 0. The summed E-state index contributed by atoms with van der Waals surface area (Å²) in [5.74, 6) is 0.0223. The Morgan fingerprint density at radius 3 is 2.22 bits per heavy atom. The summed E-state index contributed by atoms with van der Waals surface area (Å²) in [6.07, 6.45) is 7.29. The minimum absolute atomic E-state index is 0.00394. The molecule has 2 aliphatic rings. The number of imide groups is 1. The number of nitrogens with zero attached hydrogens (tertiary/aromatic N) is 1. The van der Waals surface area contributed by atoms with Crippen molar-refractivity contribution in [3.63, 3.8) is 0 Å². The lowest BCUT2D eigenvalue weighted by molar-refractivity contribution is -0.156. The minimum atomic E-state index is -0.0891. The van der Waals surface area contributed by atoms with Crippen molar-refractivity contribution in [2.24, 2.45) is 11.1 Å². The maximum atomic E-state index is 12.3. The fraction of sp³-hybridized carbons (Fsp3) is 0.857. The van der Waals surface area contributed by atoms with Crippen molar-refractivity contribution in [3.05, 3.63) is 0 Å². The average molecular weight is 252 g/mol. The highest BCUT2D eigenvalue weighted by Gasteiger charge is 2.46. The monoisotopic (exact) mass is 252 g/mol. The van der Waals surface area contributed by atoms with Crippen LogP contribution in [-0.2, 0) is 9.59 Å². The third-order valence-electron chi connectivity index (χ3n) is 4.51. The van der Waals surface area contributed by atoms with Gasteiger partial charge in [-0.25, -0.2) is 0 Å². The zero-order chi connectivity index (χ0) is 13.2. The summed E-state index contributed by atoms with van der Waals surface area (Å²) in [6, 6.07) is -0.0891. The van der Waals surface area contributed by atoms with E-state index in [1.54, 1.807) is 0 Å². The van der Waals surface area contributed by atoms with E-state index in [2.05, 4.69) is 6.92 Å². The van der Waals surface area contributed by atoms with E-state index in [4.69, 9.17) is 5.73 Å². The Labute approximate surface area is 109 Å². The molecule has 0 radical (unpaired) electrons. The topological polar surface area (TPSA) is 63.4 Å². The normalized spacial score (nSPS) is 24.9. The Kier molecular flexibility index (Phi) is 4.05. The molecule has 102 valence electrons. The van der Waals surface area contributed by atoms with Crippen LogP contribution in [0.3, 0.4) is 0 Å². The van der Waals surface area contributed by atoms with Crippen LogP contribution in [-0.4, -0.2) is 29.3 Å². The average Bonchev–Trinajstić information content (AvgIpc) is 2.74. The standard InChI is InChI=1S/C14H24N2O2/c1-2-5-11(10-15)16-12(17)8-14(9-13(16)18)6-3-4-7-14/h11H,2-10,15H2,1H3. The van der Waals surface area contributed by atoms with Crippen LogP contribution in [0.15, 0.2) is 0 Å². The smallest absolute Gasteiger partial charge is 0.230 e. The summed E-state index contributed by atoms with van der Waals surface area (Å²) in [4.78, 5) is 26.0. The molecule has 1 saturated carbocycles. The van der Waals surface area contributed by atoms with E-state index < -0.39 is 0 Å². The molecule has 1 spiro atoms. The Hall–Kier alpha value is -0.900. The van der Waals surface area contributed by atoms with Gasteiger partial charge in [-0.1, -0.05) is 26.2 Å². The zero-order valence-electron chi connectivity index (χ0n) is 11.3. The molecule has 0 aromatic heterocycles. The van der Waals surface area contributed by atoms with Crippen molar-refractivity contribution < 1.29 is 9.59 Å². The maximum Gasteiger partial charge on any atom is 0.230 e. The number of carbonyl (C=O) groups is 2. The molecule has 0 bridgehead atoms. The van der Waals surface area contributed by atoms with E-state index in [1.807, 2.05) is 0 Å². The van der Waals surface area contributed by atoms with Gasteiger partial charge in [-0.05, 0) is 24.7 Å². The lowest BCUT2D eigenvalue weighted by Crippen LogP contribution is -2.54. The van der Waals surface area contributed by atoms with Crippen LogP contribution < -0.4 is 5.73 Å². The molecule has 2 rings (SSSR count). The van der Waals surface area contributed by atoms with Gasteiger partial charge in [-0.3, -0.25) is 14.5 Å². The first kappa shape index (κ1) is 13.5. The number of likely N-dealkylation sites (tertiary alicyclic amines) is 1. The zero-order valence-corrected chi connectivity index (χ0v) is 11.3. The van der Waals surface area contributed by atoms with Crippen LogP contribution >= 0.6 is 0 Å². The van der Waals surface area contributed by atoms with Gasteiger partial charge in [0.1, 0.15) is 0 Å². The second kappa shape index (κ2) is 5.39. The van der Waals surface area contributed by atoms with Crippen LogP contribution in [0.25, 0.3) is 0 Å². The molecule has 1 unspecified atom stereocenters. The molecule has 2 fully saturated rings. The molecule has 1 aliphatic carbocycles. The van der Waals surface area contributed by atoms with Gasteiger partial charge in [-0.15, -0.1) is 0 Å². The van der Waals surface area contributed by atoms with Crippen LogP contribution in [0, 0.1) is 5.41 Å². The Bertz CT molecular complexity index is 315. The van der Waals surface area contributed by atoms with E-state index in [9.17, 15) is 9.59 Å². The van der Waals surface area contributed by atoms with Gasteiger partial charge in [0.25, 0.3) is 0 Å². The number of hydrogen-bond donors (Lipinski definition) is 1. The first-order chi connectivity index (χ1) is 8.62. The second-order valence-electron chi connectivity index (χ2n) is 5.90. The molecule has 1 atom stereocenters. The molecule has 0 aromatic carbocycles. The fourth-order valence-corrected chi connectivity index (χ4v) is 3.58. The van der Waals surface area contributed by atoms with Gasteiger partial charge in [0.15, 0.2) is 0 Å². The fourth-order valence-electron chi connectivity index (χ4n) is 3.58. The van der Waals surface area contributed by atoms with Crippen LogP contribution in [0.1, 0.15) is 58.3 Å². The quantitative estimate of drug-likeness (QED) is 0.776. The number of carbonyl (C=O) groups excluding carboxylic acids is 2. The number of nitrogens with two attached hydrogens (primary N) is 1. The van der Waals surface area contributed by atoms with Gasteiger partial charge in [0, 0.05) is 19.4 Å². The molecule has 1 heterocycles. The van der Waals surface area contributed by atoms with Gasteiger partial charge < -0.3 is 5.73 Å². The number of amides is 2. The predicted molar refractivity (Wildman–Crippen MR) is 69.7 cm³/mol. The van der Waals surface area contributed by atoms with Crippen molar-refractivity contribution in [2.75, 3.05) is 6.54 Å². The van der Waals surface area contributed by atoms with Gasteiger partial charge in [-0.2, -0.15) is 0 Å². The first-order valence-electron chi connectivity index (χ1n) is 7.17. The Morgan fingerprint density at radius 2 is 1.78 bits per heavy atom. The van der Waals surface area contributed by atoms with Crippen molar-refractivity contribution in [2.45, 2.75) is 64.3 Å². The molecule has 1 aliphatic heterocycles. The molecule has 0 aromatic rings. The molecule has 4 nitrogen and oxygen atoms in total. The molecule has 4 heteroatoms. The van der Waals surface area contributed by atoms with Crippen LogP contribution in [0.4, 0.5) is 0 Å². The summed E-state index contributed by atoms with van der Waals surface area (Å²) in [7, 11) is 0. The van der Waals surface area contributed by atoms with E-state index in [0.717, 1.165) is 38.5 Å². The van der Waals surface area contributed by atoms with Gasteiger partial charge in [0.05, 0.1) is 6.04 Å². The molecular formula is C14H24N2O2. The molecule has 18 heavy (non-hydrogen) atoms. The van der Waals surface area contributed by atoms with Crippen molar-refractivity contribution in [1.29, 1.82) is 0 Å². The summed E-state index contributed by atoms with van der Waals surface area (Å²) in [5, 5.41) is 0. The minimum Gasteiger partial charge on any atom is -0.328 e. The van der Waals surface area contributed by atoms with E-state index in [0.29, 0.717) is 19.4 Å². The lowest BCUT2D eigenvalue weighted by Gasteiger charge is -2.40. The number of piperidine rings is 1. The highest BCUT2D eigenvalue weighted by atomic mass is 16.2. The van der Waals surface area contributed by atoms with Crippen LogP contribution in [0.2, 0.25) is 0 Å². The number of rotatable bonds is 4. The summed E-state index contributed by atoms with van der Waals surface area (Å²) < 4.78 is 0. The third kappa shape index (κ3) is 2.44. The molecule has 2 N–H and O–H groups in total. The summed E-state index contributed by atoms with van der Waals surface area (Å²) in [6.45, 7) is 2.44. The molecule has 1 saturated heterocycles. The lowest BCUT2D eigenvalue weighted by atomic mass is 9.76. The predicted octanol–water partition coefficient (Wildman–Crippen LogP) is 1.82. The molecule has 2 amide bonds. The second-order valence-corrected chi connectivity index (χ2v) is 5.90. The van der Waals surface area contributed by atoms with Crippen molar-refractivity contribution in [1.82, 2.24) is 4.90 Å². The maximum absolute atomic E-state index is 12.3. The SMILES string of the molecule is CCCC(CN)N1C(=O)CC2(CCCC2)CC1=O. The first-order valence-corrected chi connectivity index (χ1v) is 7.17. The van der Waals surface area contributed by atoms with Gasteiger partial charge >= 0.3 is 0 Å². The Morgan fingerprint density at radius 1 is 1.22 bits per heavy atom. The third-order valence-corrected chi connectivity index (χ3v) is 4.51. The van der Waals surface area contributed by atoms with Crippen molar-refractivity contribution >= 4 is 11.8 Å². The highest BCUT2D eigenvalue weighted by Crippen LogP contribution is 2.47. The van der Waals surface area contributed by atoms with Crippen LogP contribution in [0.5, 0.6) is 0 Å². The summed E-state index contributed by atoms with van der Waals surface area (Å²) in [5.41, 5.74) is 5.71. The van der Waals surface area contributed by atoms with Gasteiger partial charge in [0.2, 0.25) is 11.8 Å². The van der Waals surface area contributed by atoms with Crippen molar-refractivity contribution in [3.8, 4) is 0 Å². The van der Waals surface area contributed by atoms with E-state index in [1.165, 1.54) is 4.90 Å². The number of hydrogen-bond acceptors (Lipinski definition) is 3. The van der Waals surface area contributed by atoms with E-state index >= 15 is 0 Å². The largest absolute Gasteiger partial charge is 0.328 e. The molecular weight excluding hydrogens is 228 g/mol. The van der Waals surface area contributed by atoms with E-state index in [-0.39, 0.29) is 23.3 Å².